The van der Waals surface area contributed by atoms with Crippen LogP contribution in [-0.2, 0) is 9.47 Å². The van der Waals surface area contributed by atoms with Crippen molar-refractivity contribution in [1.29, 1.82) is 0 Å². The van der Waals surface area contributed by atoms with Gasteiger partial charge in [-0.15, -0.1) is 0 Å². The molecule has 0 saturated carbocycles. The lowest BCUT2D eigenvalue weighted by atomic mass is 10.1. The fourth-order valence-electron chi connectivity index (χ4n) is 2.41. The van der Waals surface area contributed by atoms with Crippen LogP contribution in [0.15, 0.2) is 22.9 Å². The Morgan fingerprint density at radius 1 is 1.20 bits per heavy atom. The highest BCUT2D eigenvalue weighted by atomic mass is 79.9. The van der Waals surface area contributed by atoms with E-state index >= 15 is 0 Å². The van der Waals surface area contributed by atoms with Crippen LogP contribution >= 0.6 is 15.9 Å². The van der Waals surface area contributed by atoms with E-state index in [4.69, 9.17) is 9.47 Å². The zero-order valence-electron chi connectivity index (χ0n) is 14.2. The zero-order chi connectivity index (χ0) is 18.7. The van der Waals surface area contributed by atoms with E-state index in [0.717, 1.165) is 0 Å². The van der Waals surface area contributed by atoms with Crippen molar-refractivity contribution in [2.24, 2.45) is 0 Å². The summed E-state index contributed by atoms with van der Waals surface area (Å²) >= 11 is 3.22. The van der Waals surface area contributed by atoms with Gasteiger partial charge in [0, 0.05) is 22.6 Å². The summed E-state index contributed by atoms with van der Waals surface area (Å²) < 4.78 is 10.6. The number of ether oxygens (including phenoxy) is 2. The molecular weight excluding hydrogens is 392 g/mol. The van der Waals surface area contributed by atoms with E-state index in [-0.39, 0.29) is 11.3 Å². The quantitative estimate of drug-likeness (QED) is 0.602. The Labute approximate surface area is 152 Å². The molecule has 2 aromatic heterocycles. The Morgan fingerprint density at radius 3 is 2.48 bits per heavy atom. The van der Waals surface area contributed by atoms with Gasteiger partial charge in [-0.2, -0.15) is 0 Å². The van der Waals surface area contributed by atoms with Crippen molar-refractivity contribution in [2.75, 3.05) is 7.11 Å². The maximum atomic E-state index is 12.6. The van der Waals surface area contributed by atoms with Crippen molar-refractivity contribution in [1.82, 2.24) is 9.97 Å². The minimum atomic E-state index is -1.03. The Balaban J connectivity index is 2.20. The summed E-state index contributed by atoms with van der Waals surface area (Å²) in [5, 5.41) is 0. The molecule has 8 heteroatoms. The SMILES string of the molecule is COC(=O)c1c(C)[nH]c(C(=O)[C@H](C)OC(=O)c2cncc(Br)c2)c1C. The molecule has 2 aromatic rings. The maximum absolute atomic E-state index is 12.6. The van der Waals surface area contributed by atoms with E-state index in [1.807, 2.05) is 0 Å². The molecule has 0 aliphatic rings. The highest BCUT2D eigenvalue weighted by Gasteiger charge is 2.27. The molecule has 1 N–H and O–H groups in total. The zero-order valence-corrected chi connectivity index (χ0v) is 15.8. The molecule has 0 bridgehead atoms. The van der Waals surface area contributed by atoms with Crippen LogP contribution in [0, 0.1) is 13.8 Å². The third-order valence-corrected chi connectivity index (χ3v) is 4.10. The maximum Gasteiger partial charge on any atom is 0.340 e. The number of nitrogens with zero attached hydrogens (tertiary/aromatic N) is 1. The van der Waals surface area contributed by atoms with Crippen LogP contribution in [0.4, 0.5) is 0 Å². The van der Waals surface area contributed by atoms with E-state index in [2.05, 4.69) is 25.9 Å². The Morgan fingerprint density at radius 2 is 1.88 bits per heavy atom. The molecule has 2 rings (SSSR count). The van der Waals surface area contributed by atoms with Crippen LogP contribution in [0.1, 0.15) is 49.4 Å². The summed E-state index contributed by atoms with van der Waals surface area (Å²) in [5.74, 6) is -1.63. The first-order valence-corrected chi connectivity index (χ1v) is 8.18. The molecule has 0 aliphatic heterocycles. The number of H-pyrrole nitrogens is 1. The molecule has 0 saturated heterocycles. The van der Waals surface area contributed by atoms with Crippen LogP contribution in [0.5, 0.6) is 0 Å². The number of esters is 2. The van der Waals surface area contributed by atoms with Gasteiger partial charge in [-0.05, 0) is 48.3 Å². The molecule has 1 atom stereocenters. The van der Waals surface area contributed by atoms with Gasteiger partial charge in [-0.3, -0.25) is 9.78 Å². The topological polar surface area (TPSA) is 98.4 Å². The van der Waals surface area contributed by atoms with Crippen LogP contribution in [-0.4, -0.2) is 40.9 Å². The Kier molecular flexibility index (Phi) is 5.73. The third kappa shape index (κ3) is 3.96. The third-order valence-electron chi connectivity index (χ3n) is 3.67. The normalized spacial score (nSPS) is 11.7. The van der Waals surface area contributed by atoms with Crippen LogP contribution in [0.25, 0.3) is 0 Å². The molecular formula is C17H17BrN2O5. The number of aromatic nitrogens is 2. The second-order valence-corrected chi connectivity index (χ2v) is 6.34. The average Bonchev–Trinajstić information content (AvgIpc) is 2.87. The second kappa shape index (κ2) is 7.60. The van der Waals surface area contributed by atoms with Gasteiger partial charge in [-0.1, -0.05) is 0 Å². The lowest BCUT2D eigenvalue weighted by molar-refractivity contribution is 0.0316. The van der Waals surface area contributed by atoms with Crippen molar-refractivity contribution in [3.63, 3.8) is 0 Å². The first-order chi connectivity index (χ1) is 11.8. The molecule has 2 heterocycles. The van der Waals surface area contributed by atoms with E-state index in [1.165, 1.54) is 26.4 Å². The number of nitrogens with one attached hydrogen (secondary N) is 1. The van der Waals surface area contributed by atoms with Crippen molar-refractivity contribution in [2.45, 2.75) is 26.9 Å². The Hall–Kier alpha value is -2.48. The van der Waals surface area contributed by atoms with Gasteiger partial charge in [0.05, 0.1) is 23.9 Å². The molecule has 0 amide bonds. The van der Waals surface area contributed by atoms with Crippen LogP contribution < -0.4 is 0 Å². The summed E-state index contributed by atoms with van der Waals surface area (Å²) in [7, 11) is 1.27. The summed E-state index contributed by atoms with van der Waals surface area (Å²) in [6.07, 6.45) is 1.85. The van der Waals surface area contributed by atoms with Gasteiger partial charge >= 0.3 is 11.9 Å². The predicted octanol–water partition coefficient (Wildman–Crippen LogP) is 3.00. The first kappa shape index (κ1) is 18.9. The second-order valence-electron chi connectivity index (χ2n) is 5.42. The van der Waals surface area contributed by atoms with E-state index < -0.39 is 23.8 Å². The standard InChI is InChI=1S/C17H17BrN2O5/c1-8-13(17(23)24-4)9(2)20-14(8)15(21)10(3)25-16(22)11-5-12(18)7-19-6-11/h5-7,10,20H,1-4H3/t10-/m0/s1. The molecule has 0 spiro atoms. The number of pyridine rings is 1. The molecule has 0 unspecified atom stereocenters. The number of hydrogen-bond donors (Lipinski definition) is 1. The van der Waals surface area contributed by atoms with Crippen LogP contribution in [0.3, 0.4) is 0 Å². The summed E-state index contributed by atoms with van der Waals surface area (Å²) in [4.78, 5) is 43.3. The molecule has 7 nitrogen and oxygen atoms in total. The predicted molar refractivity (Wildman–Crippen MR) is 92.8 cm³/mol. The highest BCUT2D eigenvalue weighted by Crippen LogP contribution is 2.21. The number of carbonyl (C=O) groups is 3. The molecule has 0 aliphatic carbocycles. The van der Waals surface area contributed by atoms with Crippen molar-refractivity contribution in [3.8, 4) is 0 Å². The van der Waals surface area contributed by atoms with E-state index in [1.54, 1.807) is 19.9 Å². The monoisotopic (exact) mass is 408 g/mol. The fraction of sp³-hybridized carbons (Fsp3) is 0.294. The van der Waals surface area contributed by atoms with Crippen molar-refractivity contribution in [3.05, 3.63) is 51.0 Å². The number of ketones is 1. The summed E-state index contributed by atoms with van der Waals surface area (Å²) in [6, 6.07) is 1.55. The average molecular weight is 409 g/mol. The highest BCUT2D eigenvalue weighted by molar-refractivity contribution is 9.10. The number of halogens is 1. The molecule has 0 radical (unpaired) electrons. The number of Topliss-reactive ketones (excluding diaryl/α,β-unsaturated/α-hetero) is 1. The van der Waals surface area contributed by atoms with Crippen molar-refractivity contribution < 1.29 is 23.9 Å². The van der Waals surface area contributed by atoms with Crippen LogP contribution in [0.2, 0.25) is 0 Å². The van der Waals surface area contributed by atoms with Gasteiger partial charge < -0.3 is 14.5 Å². The minimum absolute atomic E-state index is 0.213. The van der Waals surface area contributed by atoms with Gasteiger partial charge in [-0.25, -0.2) is 9.59 Å². The minimum Gasteiger partial charge on any atom is -0.465 e. The number of rotatable bonds is 5. The smallest absolute Gasteiger partial charge is 0.340 e. The van der Waals surface area contributed by atoms with E-state index in [0.29, 0.717) is 21.3 Å². The molecule has 25 heavy (non-hydrogen) atoms. The lowest BCUT2D eigenvalue weighted by Gasteiger charge is -2.12. The van der Waals surface area contributed by atoms with Gasteiger partial charge in [0.15, 0.2) is 6.10 Å². The summed E-state index contributed by atoms with van der Waals surface area (Å²) in [5.41, 5.74) is 1.72. The number of hydrogen-bond acceptors (Lipinski definition) is 6. The van der Waals surface area contributed by atoms with Gasteiger partial charge in [0.1, 0.15) is 0 Å². The first-order valence-electron chi connectivity index (χ1n) is 7.39. The number of aryl methyl sites for hydroxylation is 1. The number of methoxy groups -OCH3 is 1. The van der Waals surface area contributed by atoms with E-state index in [9.17, 15) is 14.4 Å². The fourth-order valence-corrected chi connectivity index (χ4v) is 2.78. The lowest BCUT2D eigenvalue weighted by Crippen LogP contribution is -2.25. The van der Waals surface area contributed by atoms with Crippen molar-refractivity contribution >= 4 is 33.7 Å². The van der Waals surface area contributed by atoms with Gasteiger partial charge in [0.25, 0.3) is 0 Å². The molecule has 132 valence electrons. The number of carbonyl (C=O) groups excluding carboxylic acids is 3. The molecule has 0 fully saturated rings. The summed E-state index contributed by atoms with van der Waals surface area (Å²) in [6.45, 7) is 4.77. The largest absolute Gasteiger partial charge is 0.465 e. The number of aromatic amines is 1. The van der Waals surface area contributed by atoms with Gasteiger partial charge in [0.2, 0.25) is 5.78 Å². The molecule has 0 aromatic carbocycles. The Bertz CT molecular complexity index is 844.